The topological polar surface area (TPSA) is 7.60 Å². The normalized spacial score (nSPS) is 9.25. The van der Waals surface area contributed by atoms with Gasteiger partial charge in [-0.15, -0.1) is 0 Å². The lowest BCUT2D eigenvalue weighted by molar-refractivity contribution is 0.370. The zero-order valence-electron chi connectivity index (χ0n) is 5.52. The molecule has 0 aromatic heterocycles. The molecule has 0 spiro atoms. The fourth-order valence-corrected chi connectivity index (χ4v) is 0.379. The summed E-state index contributed by atoms with van der Waals surface area (Å²) in [7, 11) is 2.02. The van der Waals surface area contributed by atoms with Gasteiger partial charge in [0.05, 0.1) is 6.54 Å². The minimum atomic E-state index is 0.629. The van der Waals surface area contributed by atoms with Crippen LogP contribution in [0.5, 0.6) is 0 Å². The molecule has 2 heteroatoms. The Labute approximate surface area is 50.9 Å². The Hall–Kier alpha value is -0.550. The Morgan fingerprint density at radius 1 is 1.62 bits per heavy atom. The molecule has 2 nitrogen and oxygen atoms in total. The highest BCUT2D eigenvalue weighted by Gasteiger charge is 1.92. The van der Waals surface area contributed by atoms with Gasteiger partial charge in [0.15, 0.2) is 0 Å². The standard InChI is InChI=1S/C6H12N2/c1-4-8(3)6-5-7-2/h4-6H2,1,3H3. The van der Waals surface area contributed by atoms with Gasteiger partial charge in [-0.25, -0.2) is 6.57 Å². The van der Waals surface area contributed by atoms with Crippen molar-refractivity contribution in [3.63, 3.8) is 0 Å². The summed E-state index contributed by atoms with van der Waals surface area (Å²) < 4.78 is 0. The van der Waals surface area contributed by atoms with E-state index in [0.717, 1.165) is 13.1 Å². The average Bonchev–Trinajstić information content (AvgIpc) is 1.83. The highest BCUT2D eigenvalue weighted by Crippen LogP contribution is 1.78. The third-order valence-corrected chi connectivity index (χ3v) is 1.13. The molecule has 0 aliphatic rings. The maximum atomic E-state index is 6.47. The lowest BCUT2D eigenvalue weighted by atomic mass is 10.5. The first kappa shape index (κ1) is 7.45. The van der Waals surface area contributed by atoms with Crippen LogP contribution in [0.25, 0.3) is 4.85 Å². The van der Waals surface area contributed by atoms with Crippen molar-refractivity contribution >= 4 is 0 Å². The Kier molecular flexibility index (Phi) is 4.29. The Bertz CT molecular complexity index is 83.0. The van der Waals surface area contributed by atoms with Crippen LogP contribution in [0.4, 0.5) is 0 Å². The van der Waals surface area contributed by atoms with Crippen LogP contribution in [0.2, 0.25) is 0 Å². The van der Waals surface area contributed by atoms with Gasteiger partial charge in [-0.05, 0) is 13.6 Å². The summed E-state index contributed by atoms with van der Waals surface area (Å²) in [5.74, 6) is 0. The molecule has 0 rings (SSSR count). The van der Waals surface area contributed by atoms with Gasteiger partial charge in [-0.2, -0.15) is 0 Å². The first-order valence-electron chi connectivity index (χ1n) is 2.83. The number of likely N-dealkylation sites (N-methyl/N-ethyl adjacent to an activating group) is 1. The van der Waals surface area contributed by atoms with E-state index in [1.807, 2.05) is 7.05 Å². The number of rotatable bonds is 3. The molecule has 0 aromatic carbocycles. The highest BCUT2D eigenvalue weighted by molar-refractivity contribution is 4.61. The van der Waals surface area contributed by atoms with E-state index in [1.165, 1.54) is 0 Å². The van der Waals surface area contributed by atoms with Crippen LogP contribution in [-0.4, -0.2) is 31.6 Å². The van der Waals surface area contributed by atoms with Gasteiger partial charge >= 0.3 is 0 Å². The Morgan fingerprint density at radius 2 is 2.25 bits per heavy atom. The molecule has 0 N–H and O–H groups in total. The molecule has 0 radical (unpaired) electrons. The second-order valence-electron chi connectivity index (χ2n) is 1.78. The van der Waals surface area contributed by atoms with Crippen molar-refractivity contribution in [1.82, 2.24) is 4.90 Å². The zero-order valence-corrected chi connectivity index (χ0v) is 5.52. The Morgan fingerprint density at radius 3 is 2.62 bits per heavy atom. The van der Waals surface area contributed by atoms with Gasteiger partial charge in [0.1, 0.15) is 0 Å². The molecule has 0 amide bonds. The number of nitrogens with zero attached hydrogens (tertiary/aromatic N) is 2. The van der Waals surface area contributed by atoms with E-state index < -0.39 is 0 Å². The summed E-state index contributed by atoms with van der Waals surface area (Å²) in [6.07, 6.45) is 0. The minimum Gasteiger partial charge on any atom is -0.316 e. The average molecular weight is 112 g/mol. The van der Waals surface area contributed by atoms with Gasteiger partial charge < -0.3 is 4.85 Å². The van der Waals surface area contributed by atoms with E-state index in [-0.39, 0.29) is 0 Å². The monoisotopic (exact) mass is 112 g/mol. The zero-order chi connectivity index (χ0) is 6.41. The van der Waals surface area contributed by atoms with E-state index in [4.69, 9.17) is 6.57 Å². The fraction of sp³-hybridized carbons (Fsp3) is 0.833. The van der Waals surface area contributed by atoms with Crippen LogP contribution in [0.3, 0.4) is 0 Å². The molecular formula is C6H12N2. The van der Waals surface area contributed by atoms with Crippen molar-refractivity contribution < 1.29 is 0 Å². The van der Waals surface area contributed by atoms with E-state index in [9.17, 15) is 0 Å². The minimum absolute atomic E-state index is 0.629. The smallest absolute Gasteiger partial charge is 0.227 e. The van der Waals surface area contributed by atoms with Crippen LogP contribution in [0.15, 0.2) is 0 Å². The molecule has 0 unspecified atom stereocenters. The molecule has 0 saturated heterocycles. The highest BCUT2D eigenvalue weighted by atomic mass is 15.1. The molecule has 0 heterocycles. The summed E-state index contributed by atoms with van der Waals surface area (Å²) in [4.78, 5) is 5.36. The van der Waals surface area contributed by atoms with E-state index in [2.05, 4.69) is 16.7 Å². The summed E-state index contributed by atoms with van der Waals surface area (Å²) in [5.41, 5.74) is 0. The van der Waals surface area contributed by atoms with E-state index in [0.29, 0.717) is 6.54 Å². The van der Waals surface area contributed by atoms with Gasteiger partial charge in [0.25, 0.3) is 0 Å². The molecule has 8 heavy (non-hydrogen) atoms. The summed E-state index contributed by atoms with van der Waals surface area (Å²) in [5, 5.41) is 0. The largest absolute Gasteiger partial charge is 0.316 e. The fourth-order valence-electron chi connectivity index (χ4n) is 0.379. The number of hydrogen-bond acceptors (Lipinski definition) is 1. The molecular weight excluding hydrogens is 100 g/mol. The van der Waals surface area contributed by atoms with Crippen molar-refractivity contribution in [3.05, 3.63) is 11.4 Å². The van der Waals surface area contributed by atoms with Crippen molar-refractivity contribution in [3.8, 4) is 0 Å². The predicted molar refractivity (Wildman–Crippen MR) is 34.6 cm³/mol. The summed E-state index contributed by atoms with van der Waals surface area (Å²) >= 11 is 0. The van der Waals surface area contributed by atoms with Gasteiger partial charge in [-0.1, -0.05) is 6.92 Å². The lowest BCUT2D eigenvalue weighted by Crippen LogP contribution is -2.20. The number of hydrogen-bond donors (Lipinski definition) is 0. The molecule has 0 saturated carbocycles. The predicted octanol–water partition coefficient (Wildman–Crippen LogP) is 0.857. The second kappa shape index (κ2) is 4.61. The molecule has 0 fully saturated rings. The molecule has 0 aliphatic heterocycles. The van der Waals surface area contributed by atoms with Crippen LogP contribution in [-0.2, 0) is 0 Å². The van der Waals surface area contributed by atoms with E-state index in [1.54, 1.807) is 0 Å². The maximum absolute atomic E-state index is 6.47. The molecule has 0 bridgehead atoms. The molecule has 0 atom stereocenters. The SMILES string of the molecule is [C-]#[N+]CCN(C)CC. The van der Waals surface area contributed by atoms with Crippen molar-refractivity contribution in [2.75, 3.05) is 26.7 Å². The third kappa shape index (κ3) is 3.63. The quantitative estimate of drug-likeness (QED) is 0.491. The summed E-state index contributed by atoms with van der Waals surface area (Å²) in [6, 6.07) is 0. The van der Waals surface area contributed by atoms with Crippen LogP contribution in [0, 0.1) is 6.57 Å². The molecule has 0 aliphatic carbocycles. The molecule has 0 aromatic rings. The van der Waals surface area contributed by atoms with Gasteiger partial charge in [0.2, 0.25) is 6.54 Å². The van der Waals surface area contributed by atoms with Crippen molar-refractivity contribution in [2.24, 2.45) is 0 Å². The first-order valence-corrected chi connectivity index (χ1v) is 2.83. The van der Waals surface area contributed by atoms with Gasteiger partial charge in [0, 0.05) is 0 Å². The van der Waals surface area contributed by atoms with Crippen LogP contribution < -0.4 is 0 Å². The first-order chi connectivity index (χ1) is 3.81. The second-order valence-corrected chi connectivity index (χ2v) is 1.78. The van der Waals surface area contributed by atoms with Crippen molar-refractivity contribution in [1.29, 1.82) is 0 Å². The lowest BCUT2D eigenvalue weighted by Gasteiger charge is -2.07. The molecule has 46 valence electrons. The van der Waals surface area contributed by atoms with Crippen LogP contribution >= 0.6 is 0 Å². The van der Waals surface area contributed by atoms with Gasteiger partial charge in [-0.3, -0.25) is 4.90 Å². The van der Waals surface area contributed by atoms with Crippen molar-refractivity contribution in [2.45, 2.75) is 6.92 Å². The van der Waals surface area contributed by atoms with E-state index >= 15 is 0 Å². The maximum Gasteiger partial charge on any atom is 0.227 e. The third-order valence-electron chi connectivity index (χ3n) is 1.13. The summed E-state index contributed by atoms with van der Waals surface area (Å²) in [6.45, 7) is 11.1. The van der Waals surface area contributed by atoms with Crippen LogP contribution in [0.1, 0.15) is 6.92 Å². The Balaban J connectivity index is 3.01.